The lowest BCUT2D eigenvalue weighted by Crippen LogP contribution is -2.18. The molecule has 4 atom stereocenters. The second-order valence-corrected chi connectivity index (χ2v) is 4.41. The Morgan fingerprint density at radius 2 is 2.09 bits per heavy atom. The molecule has 2 saturated carbocycles. The average Bonchev–Trinajstić information content (AvgIpc) is 2.14. The van der Waals surface area contributed by atoms with Gasteiger partial charge in [0.2, 0.25) is 0 Å². The van der Waals surface area contributed by atoms with Crippen molar-refractivity contribution in [1.82, 2.24) is 0 Å². The Kier molecular flexibility index (Phi) is 0.988. The molecule has 11 heavy (non-hydrogen) atoms. The summed E-state index contributed by atoms with van der Waals surface area (Å²) in [6.07, 6.45) is 9.17. The van der Waals surface area contributed by atoms with E-state index in [0.717, 1.165) is 23.7 Å². The molecule has 2 fully saturated rings. The van der Waals surface area contributed by atoms with Gasteiger partial charge in [0.05, 0.1) is 0 Å². The highest BCUT2D eigenvalue weighted by Crippen LogP contribution is 2.54. The third kappa shape index (κ3) is 0.654. The van der Waals surface area contributed by atoms with Crippen LogP contribution in [0.5, 0.6) is 0 Å². The van der Waals surface area contributed by atoms with Gasteiger partial charge in [0, 0.05) is 5.92 Å². The van der Waals surface area contributed by atoms with E-state index in [4.69, 9.17) is 0 Å². The summed E-state index contributed by atoms with van der Waals surface area (Å²) in [7, 11) is 0. The van der Waals surface area contributed by atoms with Crippen molar-refractivity contribution in [2.75, 3.05) is 0 Å². The minimum atomic E-state index is 0.777. The number of rotatable bonds is 0. The molecule has 4 unspecified atom stereocenters. The van der Waals surface area contributed by atoms with Crippen LogP contribution in [0.4, 0.5) is 0 Å². The summed E-state index contributed by atoms with van der Waals surface area (Å²) in [5.41, 5.74) is 1.55. The zero-order chi connectivity index (χ0) is 7.42. The van der Waals surface area contributed by atoms with E-state index in [0.29, 0.717) is 0 Å². The van der Waals surface area contributed by atoms with Gasteiger partial charge in [0.1, 0.15) is 0 Å². The standard InChI is InChI=1S/C11H14/c1-7-9-4-8-2-3-11(7)10(5-8)6-9/h2-3,8-11H,1,4-6H2. The molecule has 0 aromatic rings. The molecular weight excluding hydrogens is 132 g/mol. The normalized spacial score (nSPS) is 52.2. The van der Waals surface area contributed by atoms with Gasteiger partial charge in [-0.1, -0.05) is 24.3 Å². The molecule has 0 N–H and O–H groups in total. The molecule has 0 aliphatic heterocycles. The third-order valence-electron chi connectivity index (χ3n) is 3.83. The van der Waals surface area contributed by atoms with Crippen molar-refractivity contribution >= 4 is 0 Å². The molecule has 3 aliphatic rings. The number of fused-ring (bicyclic) bond motifs is 2. The quantitative estimate of drug-likeness (QED) is 0.461. The van der Waals surface area contributed by atoms with Crippen molar-refractivity contribution < 1.29 is 0 Å². The Morgan fingerprint density at radius 3 is 3.00 bits per heavy atom. The smallest absolute Gasteiger partial charge is 0.000563 e. The van der Waals surface area contributed by atoms with E-state index in [9.17, 15) is 0 Å². The molecule has 0 nitrogen and oxygen atoms in total. The van der Waals surface area contributed by atoms with Crippen molar-refractivity contribution in [3.05, 3.63) is 24.3 Å². The lowest BCUT2D eigenvalue weighted by molar-refractivity contribution is 0.278. The Balaban J connectivity index is 2.11. The third-order valence-corrected chi connectivity index (χ3v) is 3.83. The molecule has 58 valence electrons. The molecule has 0 amide bonds. The summed E-state index contributed by atoms with van der Waals surface area (Å²) in [4.78, 5) is 0. The van der Waals surface area contributed by atoms with E-state index in [-0.39, 0.29) is 0 Å². The Hall–Kier alpha value is -0.520. The van der Waals surface area contributed by atoms with Crippen LogP contribution in [0.2, 0.25) is 0 Å². The molecule has 0 radical (unpaired) electrons. The maximum absolute atomic E-state index is 4.22. The fourth-order valence-corrected chi connectivity index (χ4v) is 3.29. The van der Waals surface area contributed by atoms with E-state index in [2.05, 4.69) is 18.7 Å². The van der Waals surface area contributed by atoms with Gasteiger partial charge in [-0.2, -0.15) is 0 Å². The topological polar surface area (TPSA) is 0 Å². The number of hydrogen-bond donors (Lipinski definition) is 0. The van der Waals surface area contributed by atoms with E-state index >= 15 is 0 Å². The maximum atomic E-state index is 4.22. The molecule has 0 heterocycles. The maximum Gasteiger partial charge on any atom is 0.000563 e. The lowest BCUT2D eigenvalue weighted by atomic mass is 9.76. The Labute approximate surface area is 68.0 Å². The van der Waals surface area contributed by atoms with E-state index in [1.165, 1.54) is 19.3 Å². The van der Waals surface area contributed by atoms with Crippen LogP contribution in [-0.4, -0.2) is 0 Å². The SMILES string of the molecule is C=C1C2CC3C=CC1C(C3)C2. The summed E-state index contributed by atoms with van der Waals surface area (Å²) in [6, 6.07) is 0. The minimum absolute atomic E-state index is 0.777. The Morgan fingerprint density at radius 1 is 1.18 bits per heavy atom. The molecule has 3 bridgehead atoms. The highest BCUT2D eigenvalue weighted by atomic mass is 14.5. The zero-order valence-electron chi connectivity index (χ0n) is 6.79. The van der Waals surface area contributed by atoms with Crippen LogP contribution < -0.4 is 0 Å². The van der Waals surface area contributed by atoms with Gasteiger partial charge in [0.25, 0.3) is 0 Å². The van der Waals surface area contributed by atoms with E-state index in [1.807, 2.05) is 0 Å². The van der Waals surface area contributed by atoms with Crippen molar-refractivity contribution in [2.45, 2.75) is 19.3 Å². The predicted octanol–water partition coefficient (Wildman–Crippen LogP) is 2.77. The van der Waals surface area contributed by atoms with Gasteiger partial charge in [-0.15, -0.1) is 0 Å². The first-order valence-corrected chi connectivity index (χ1v) is 4.71. The second kappa shape index (κ2) is 1.80. The van der Waals surface area contributed by atoms with Crippen molar-refractivity contribution in [2.24, 2.45) is 23.7 Å². The predicted molar refractivity (Wildman–Crippen MR) is 46.1 cm³/mol. The molecule has 0 spiro atoms. The Bertz CT molecular complexity index is 234. The average molecular weight is 146 g/mol. The fourth-order valence-electron chi connectivity index (χ4n) is 3.29. The van der Waals surface area contributed by atoms with Gasteiger partial charge in [-0.3, -0.25) is 0 Å². The van der Waals surface area contributed by atoms with Crippen molar-refractivity contribution in [3.8, 4) is 0 Å². The van der Waals surface area contributed by atoms with Crippen LogP contribution in [0.1, 0.15) is 19.3 Å². The van der Waals surface area contributed by atoms with Crippen LogP contribution >= 0.6 is 0 Å². The molecule has 3 rings (SSSR count). The number of allylic oxidation sites excluding steroid dienone is 3. The van der Waals surface area contributed by atoms with Gasteiger partial charge in [0.15, 0.2) is 0 Å². The van der Waals surface area contributed by atoms with Crippen LogP contribution in [0.3, 0.4) is 0 Å². The highest BCUT2D eigenvalue weighted by molar-refractivity contribution is 5.26. The van der Waals surface area contributed by atoms with Crippen molar-refractivity contribution in [3.63, 3.8) is 0 Å². The van der Waals surface area contributed by atoms with Gasteiger partial charge in [-0.25, -0.2) is 0 Å². The van der Waals surface area contributed by atoms with E-state index in [1.54, 1.807) is 5.57 Å². The summed E-state index contributed by atoms with van der Waals surface area (Å²) in [5.74, 6) is 3.56. The van der Waals surface area contributed by atoms with Crippen LogP contribution in [0.15, 0.2) is 24.3 Å². The van der Waals surface area contributed by atoms with Gasteiger partial charge < -0.3 is 0 Å². The first-order chi connectivity index (χ1) is 5.34. The van der Waals surface area contributed by atoms with Crippen molar-refractivity contribution in [1.29, 1.82) is 0 Å². The largest absolute Gasteiger partial charge is 0.0990 e. The monoisotopic (exact) mass is 146 g/mol. The molecule has 0 aromatic carbocycles. The molecule has 3 aliphatic carbocycles. The summed E-state index contributed by atoms with van der Waals surface area (Å²) in [5, 5.41) is 0. The molecule has 0 saturated heterocycles. The highest BCUT2D eigenvalue weighted by Gasteiger charge is 2.43. The first-order valence-electron chi connectivity index (χ1n) is 4.71. The second-order valence-electron chi connectivity index (χ2n) is 4.41. The molecular formula is C11H14. The van der Waals surface area contributed by atoms with Crippen LogP contribution in [0, 0.1) is 23.7 Å². The van der Waals surface area contributed by atoms with Crippen LogP contribution in [-0.2, 0) is 0 Å². The first kappa shape index (κ1) is 6.05. The van der Waals surface area contributed by atoms with E-state index < -0.39 is 0 Å². The molecule has 0 aromatic heterocycles. The van der Waals surface area contributed by atoms with Gasteiger partial charge >= 0.3 is 0 Å². The summed E-state index contributed by atoms with van der Waals surface area (Å²) < 4.78 is 0. The molecule has 0 heteroatoms. The summed E-state index contributed by atoms with van der Waals surface area (Å²) in [6.45, 7) is 4.22. The zero-order valence-corrected chi connectivity index (χ0v) is 6.79. The lowest BCUT2D eigenvalue weighted by Gasteiger charge is -2.28. The van der Waals surface area contributed by atoms with Gasteiger partial charge in [-0.05, 0) is 37.0 Å². The number of hydrogen-bond acceptors (Lipinski definition) is 0. The summed E-state index contributed by atoms with van der Waals surface area (Å²) >= 11 is 0. The fraction of sp³-hybridized carbons (Fsp3) is 0.636. The minimum Gasteiger partial charge on any atom is -0.0990 e. The van der Waals surface area contributed by atoms with Crippen LogP contribution in [0.25, 0.3) is 0 Å².